The summed E-state index contributed by atoms with van der Waals surface area (Å²) in [6, 6.07) is 34.8. The maximum absolute atomic E-state index is 13.4. The fourth-order valence-electron chi connectivity index (χ4n) is 4.95. The fraction of sp³-hybridized carbons (Fsp3) is 0.189. The number of fused-ring (bicyclic) bond motifs is 1. The van der Waals surface area contributed by atoms with E-state index in [0.717, 1.165) is 33.2 Å². The van der Waals surface area contributed by atoms with Gasteiger partial charge in [0.15, 0.2) is 6.79 Å². The Morgan fingerprint density at radius 1 is 0.756 bits per heavy atom. The van der Waals surface area contributed by atoms with Crippen molar-refractivity contribution in [1.29, 1.82) is 0 Å². The fourth-order valence-corrected chi connectivity index (χ4v) is 4.95. The Bertz CT molecular complexity index is 1770. The van der Waals surface area contributed by atoms with Crippen LogP contribution in [0.5, 0.6) is 5.75 Å². The predicted molar refractivity (Wildman–Crippen MR) is 176 cm³/mol. The number of anilines is 2. The molecule has 0 aliphatic rings. The van der Waals surface area contributed by atoms with Crippen LogP contribution in [-0.4, -0.2) is 58.1 Å². The maximum atomic E-state index is 13.4. The lowest BCUT2D eigenvalue weighted by Crippen LogP contribution is -2.26. The monoisotopic (exact) mass is 604 g/mol. The zero-order valence-electron chi connectivity index (χ0n) is 25.6. The minimum Gasteiger partial charge on any atom is -0.468 e. The number of hydrogen-bond acceptors (Lipinski definition) is 7. The molecule has 0 spiro atoms. The number of nitrogens with one attached hydrogen (secondary N) is 1. The average molecular weight is 605 g/mol. The molecule has 0 aromatic heterocycles. The van der Waals surface area contributed by atoms with E-state index in [2.05, 4.69) is 11.4 Å². The normalized spacial score (nSPS) is 10.8. The van der Waals surface area contributed by atoms with E-state index in [1.54, 1.807) is 24.1 Å². The average Bonchev–Trinajstić information content (AvgIpc) is 3.08. The summed E-state index contributed by atoms with van der Waals surface area (Å²) in [7, 11) is 4.81. The van der Waals surface area contributed by atoms with Crippen LogP contribution in [0.3, 0.4) is 0 Å². The zero-order valence-corrected chi connectivity index (χ0v) is 25.6. The molecule has 0 saturated heterocycles. The highest BCUT2D eigenvalue weighted by Gasteiger charge is 2.14. The Labute approximate surface area is 263 Å². The van der Waals surface area contributed by atoms with Crippen LogP contribution >= 0.6 is 0 Å². The molecule has 1 amide bonds. The third kappa shape index (κ3) is 8.06. The minimum atomic E-state index is -0.393. The smallest absolute Gasteiger partial charge is 0.339 e. The highest BCUT2D eigenvalue weighted by Crippen LogP contribution is 2.27. The van der Waals surface area contributed by atoms with E-state index in [0.29, 0.717) is 42.3 Å². The molecule has 0 fully saturated rings. The number of esters is 1. The van der Waals surface area contributed by atoms with E-state index < -0.39 is 5.97 Å². The van der Waals surface area contributed by atoms with Gasteiger partial charge in [-0.1, -0.05) is 54.6 Å². The van der Waals surface area contributed by atoms with Gasteiger partial charge in [-0.2, -0.15) is 0 Å². The Morgan fingerprint density at radius 2 is 1.53 bits per heavy atom. The third-order valence-electron chi connectivity index (χ3n) is 7.32. The van der Waals surface area contributed by atoms with Crippen molar-refractivity contribution in [2.75, 3.05) is 46.6 Å². The van der Waals surface area contributed by atoms with Crippen molar-refractivity contribution in [3.8, 4) is 16.9 Å². The molecule has 5 aromatic rings. The summed E-state index contributed by atoms with van der Waals surface area (Å²) in [5.41, 5.74) is 5.72. The van der Waals surface area contributed by atoms with Crippen molar-refractivity contribution in [1.82, 2.24) is 4.90 Å². The quantitative estimate of drug-likeness (QED) is 0.0857. The summed E-state index contributed by atoms with van der Waals surface area (Å²) >= 11 is 0. The lowest BCUT2D eigenvalue weighted by Gasteiger charge is -2.18. The molecule has 5 aromatic carbocycles. The van der Waals surface area contributed by atoms with Crippen LogP contribution in [-0.2, 0) is 20.8 Å². The molecule has 0 atom stereocenters. The lowest BCUT2D eigenvalue weighted by molar-refractivity contribution is -0.00841. The van der Waals surface area contributed by atoms with Gasteiger partial charge >= 0.3 is 5.97 Å². The summed E-state index contributed by atoms with van der Waals surface area (Å²) in [5, 5.41) is 5.23. The van der Waals surface area contributed by atoms with E-state index in [1.165, 1.54) is 7.11 Å². The highest BCUT2D eigenvalue weighted by atomic mass is 16.7. The van der Waals surface area contributed by atoms with Crippen LogP contribution in [0.25, 0.3) is 21.9 Å². The van der Waals surface area contributed by atoms with Crippen molar-refractivity contribution >= 4 is 34.0 Å². The molecule has 0 aliphatic heterocycles. The largest absolute Gasteiger partial charge is 0.468 e. The van der Waals surface area contributed by atoms with E-state index in [1.807, 2.05) is 98.0 Å². The Balaban J connectivity index is 1.22. The second-order valence-electron chi connectivity index (χ2n) is 10.5. The molecule has 8 heteroatoms. The first-order valence-electron chi connectivity index (χ1n) is 14.6. The van der Waals surface area contributed by atoms with E-state index in [-0.39, 0.29) is 12.7 Å². The first-order chi connectivity index (χ1) is 21.9. The van der Waals surface area contributed by atoms with E-state index >= 15 is 0 Å². The number of benzene rings is 5. The molecule has 1 N–H and O–H groups in total. The number of para-hydroxylation sites is 1. The molecule has 0 unspecified atom stereocenters. The van der Waals surface area contributed by atoms with Crippen LogP contribution in [0.4, 0.5) is 11.4 Å². The van der Waals surface area contributed by atoms with Crippen LogP contribution < -0.4 is 10.1 Å². The first-order valence-corrected chi connectivity index (χ1v) is 14.6. The molecule has 0 saturated carbocycles. The molecule has 0 heterocycles. The van der Waals surface area contributed by atoms with Crippen LogP contribution in [0.1, 0.15) is 26.3 Å². The second kappa shape index (κ2) is 15.0. The van der Waals surface area contributed by atoms with Crippen LogP contribution in [0, 0.1) is 0 Å². The number of methoxy groups -OCH3 is 2. The van der Waals surface area contributed by atoms with Gasteiger partial charge in [0, 0.05) is 32.0 Å². The third-order valence-corrected chi connectivity index (χ3v) is 7.32. The summed E-state index contributed by atoms with van der Waals surface area (Å²) in [6.07, 6.45) is 0. The van der Waals surface area contributed by atoms with Gasteiger partial charge in [-0.15, -0.1) is 0 Å². The molecule has 0 radical (unpaired) electrons. The molecule has 5 rings (SSSR count). The van der Waals surface area contributed by atoms with Gasteiger partial charge in [0.1, 0.15) is 5.75 Å². The molecule has 0 aliphatic carbocycles. The molecule has 230 valence electrons. The van der Waals surface area contributed by atoms with Crippen molar-refractivity contribution in [3.05, 3.63) is 126 Å². The Hall–Kier alpha value is -5.18. The first kappa shape index (κ1) is 31.3. The van der Waals surface area contributed by atoms with Gasteiger partial charge in [-0.3, -0.25) is 4.79 Å². The molecule has 45 heavy (non-hydrogen) atoms. The molecular weight excluding hydrogens is 568 g/mol. The summed E-state index contributed by atoms with van der Waals surface area (Å²) in [4.78, 5) is 27.2. The van der Waals surface area contributed by atoms with Gasteiger partial charge in [-0.25, -0.2) is 4.79 Å². The van der Waals surface area contributed by atoms with E-state index in [4.69, 9.17) is 18.9 Å². The molecule has 8 nitrogen and oxygen atoms in total. The van der Waals surface area contributed by atoms with Crippen molar-refractivity contribution < 1.29 is 28.5 Å². The number of hydrogen-bond donors (Lipinski definition) is 1. The number of carbonyl (C=O) groups excluding carboxylic acids is 2. The molecular formula is C37H36N2O6. The van der Waals surface area contributed by atoms with Crippen LogP contribution in [0.15, 0.2) is 109 Å². The van der Waals surface area contributed by atoms with Gasteiger partial charge in [0.05, 0.1) is 31.6 Å². The highest BCUT2D eigenvalue weighted by molar-refractivity contribution is 5.99. The van der Waals surface area contributed by atoms with Gasteiger partial charge in [0.25, 0.3) is 5.91 Å². The SMILES string of the molecule is COCCOCOc1ccc2cc(C(=O)N(C)Cc3cccc(-c4ccc(Nc5ccccc5C(=O)OC)cc4)c3)ccc2c1. The van der Waals surface area contributed by atoms with Crippen LogP contribution in [0.2, 0.25) is 0 Å². The van der Waals surface area contributed by atoms with Crippen molar-refractivity contribution in [2.45, 2.75) is 6.54 Å². The lowest BCUT2D eigenvalue weighted by atomic mass is 10.0. The Kier molecular flexibility index (Phi) is 10.4. The van der Waals surface area contributed by atoms with Gasteiger partial charge < -0.3 is 29.2 Å². The summed E-state index contributed by atoms with van der Waals surface area (Å²) < 4.78 is 20.9. The van der Waals surface area contributed by atoms with Gasteiger partial charge in [-0.05, 0) is 82.1 Å². The van der Waals surface area contributed by atoms with Crippen molar-refractivity contribution in [3.63, 3.8) is 0 Å². The maximum Gasteiger partial charge on any atom is 0.339 e. The number of ether oxygens (including phenoxy) is 4. The predicted octanol–water partition coefficient (Wildman–Crippen LogP) is 7.31. The molecule has 0 bridgehead atoms. The summed E-state index contributed by atoms with van der Waals surface area (Å²) in [6.45, 7) is 1.59. The number of nitrogens with zero attached hydrogens (tertiary/aromatic N) is 1. The number of carbonyl (C=O) groups is 2. The minimum absolute atomic E-state index is 0.0585. The zero-order chi connectivity index (χ0) is 31.6. The second-order valence-corrected chi connectivity index (χ2v) is 10.5. The topological polar surface area (TPSA) is 86.3 Å². The number of rotatable bonds is 13. The van der Waals surface area contributed by atoms with Gasteiger partial charge in [0.2, 0.25) is 0 Å². The van der Waals surface area contributed by atoms with E-state index in [9.17, 15) is 9.59 Å². The van der Waals surface area contributed by atoms with Crippen molar-refractivity contribution in [2.24, 2.45) is 0 Å². The Morgan fingerprint density at radius 3 is 2.33 bits per heavy atom. The standard InChI is InChI=1S/C37H36N2O6/c1-39(36(40)31-12-11-30-23-33(18-15-29(30)22-31)45-25-44-20-19-42-2)24-26-7-6-8-28(21-26)27-13-16-32(17-14-27)38-35-10-5-4-9-34(35)37(41)43-3/h4-18,21-23,38H,19-20,24-25H2,1-3H3. The number of amides is 1. The summed E-state index contributed by atoms with van der Waals surface area (Å²) in [5.74, 6) is 0.249.